The molecular formula is C14H22N2O3S. The fraction of sp³-hybridized carbons (Fsp3) is 0.571. The Morgan fingerprint density at radius 3 is 2.65 bits per heavy atom. The van der Waals surface area contributed by atoms with E-state index in [0.717, 1.165) is 18.4 Å². The van der Waals surface area contributed by atoms with Crippen molar-refractivity contribution in [1.82, 2.24) is 4.31 Å². The molecule has 1 aliphatic heterocycles. The highest BCUT2D eigenvalue weighted by molar-refractivity contribution is 7.89. The molecule has 2 N–H and O–H groups in total. The number of sulfonamides is 1. The summed E-state index contributed by atoms with van der Waals surface area (Å²) in [6.07, 6.45) is 1.74. The van der Waals surface area contributed by atoms with Crippen molar-refractivity contribution in [2.24, 2.45) is 5.73 Å². The van der Waals surface area contributed by atoms with Crippen LogP contribution in [-0.2, 0) is 21.2 Å². The fourth-order valence-corrected chi connectivity index (χ4v) is 3.79. The van der Waals surface area contributed by atoms with E-state index in [1.54, 1.807) is 12.1 Å². The van der Waals surface area contributed by atoms with E-state index in [9.17, 15) is 8.42 Å². The Labute approximate surface area is 120 Å². The maximum atomic E-state index is 12.5. The van der Waals surface area contributed by atoms with Crippen molar-refractivity contribution in [3.05, 3.63) is 29.8 Å². The molecule has 0 radical (unpaired) electrons. The summed E-state index contributed by atoms with van der Waals surface area (Å²) < 4.78 is 31.9. The van der Waals surface area contributed by atoms with E-state index in [1.807, 2.05) is 19.1 Å². The van der Waals surface area contributed by atoms with Gasteiger partial charge in [0.05, 0.1) is 17.6 Å². The van der Waals surface area contributed by atoms with Crippen LogP contribution in [0.2, 0.25) is 0 Å². The first-order valence-electron chi connectivity index (χ1n) is 6.95. The van der Waals surface area contributed by atoms with Crippen molar-refractivity contribution in [2.75, 3.05) is 26.2 Å². The lowest BCUT2D eigenvalue weighted by Crippen LogP contribution is -2.44. The van der Waals surface area contributed by atoms with Gasteiger partial charge in [-0.1, -0.05) is 12.1 Å². The molecule has 5 nitrogen and oxygen atoms in total. The molecule has 1 fully saturated rings. The number of ether oxygens (including phenoxy) is 1. The van der Waals surface area contributed by atoms with Crippen LogP contribution in [0.5, 0.6) is 0 Å². The topological polar surface area (TPSA) is 72.6 Å². The monoisotopic (exact) mass is 298 g/mol. The molecule has 1 atom stereocenters. The molecule has 6 heteroatoms. The van der Waals surface area contributed by atoms with Crippen LogP contribution in [0.15, 0.2) is 29.2 Å². The van der Waals surface area contributed by atoms with Crippen LogP contribution in [0, 0.1) is 0 Å². The first-order chi connectivity index (χ1) is 9.54. The standard InChI is InChI=1S/C14H22N2O3S/c1-12-11-16(9-10-19-12)20(17,18)14-6-4-13(5-7-14)3-2-8-15/h4-7,12H,2-3,8-11,15H2,1H3. The van der Waals surface area contributed by atoms with Crippen LogP contribution in [0.3, 0.4) is 0 Å². The van der Waals surface area contributed by atoms with Gasteiger partial charge in [-0.25, -0.2) is 8.42 Å². The average molecular weight is 298 g/mol. The summed E-state index contributed by atoms with van der Waals surface area (Å²) >= 11 is 0. The first kappa shape index (κ1) is 15.4. The third kappa shape index (κ3) is 3.58. The second kappa shape index (κ2) is 6.67. The predicted octanol–water partition coefficient (Wildman–Crippen LogP) is 0.987. The minimum Gasteiger partial charge on any atom is -0.376 e. The Kier molecular flexibility index (Phi) is 5.15. The molecule has 0 aliphatic carbocycles. The van der Waals surface area contributed by atoms with Crippen LogP contribution in [-0.4, -0.2) is 45.1 Å². The number of hydrogen-bond acceptors (Lipinski definition) is 4. The summed E-state index contributed by atoms with van der Waals surface area (Å²) in [5.74, 6) is 0. The Morgan fingerprint density at radius 1 is 1.35 bits per heavy atom. The predicted molar refractivity (Wildman–Crippen MR) is 78.0 cm³/mol. The third-order valence-electron chi connectivity index (χ3n) is 3.43. The number of nitrogens with two attached hydrogens (primary N) is 1. The van der Waals surface area contributed by atoms with Gasteiger partial charge < -0.3 is 10.5 Å². The Bertz CT molecular complexity index is 528. The lowest BCUT2D eigenvalue weighted by Gasteiger charge is -2.30. The quantitative estimate of drug-likeness (QED) is 0.880. The highest BCUT2D eigenvalue weighted by Crippen LogP contribution is 2.19. The Hall–Kier alpha value is -0.950. The highest BCUT2D eigenvalue weighted by Gasteiger charge is 2.28. The number of rotatable bonds is 5. The molecule has 0 aromatic heterocycles. The van der Waals surface area contributed by atoms with Gasteiger partial charge in [0.2, 0.25) is 10.0 Å². The fourth-order valence-electron chi connectivity index (χ4n) is 2.29. The second-order valence-corrected chi connectivity index (χ2v) is 7.02. The van der Waals surface area contributed by atoms with Gasteiger partial charge in [0.25, 0.3) is 0 Å². The first-order valence-corrected chi connectivity index (χ1v) is 8.39. The number of hydrogen-bond donors (Lipinski definition) is 1. The van der Waals surface area contributed by atoms with Gasteiger partial charge in [-0.15, -0.1) is 0 Å². The third-order valence-corrected chi connectivity index (χ3v) is 5.31. The zero-order chi connectivity index (χ0) is 14.6. The minimum absolute atomic E-state index is 0.0534. The number of nitrogens with zero attached hydrogens (tertiary/aromatic N) is 1. The van der Waals surface area contributed by atoms with E-state index < -0.39 is 10.0 Å². The lowest BCUT2D eigenvalue weighted by atomic mass is 10.1. The van der Waals surface area contributed by atoms with Gasteiger partial charge in [0.1, 0.15) is 0 Å². The van der Waals surface area contributed by atoms with Crippen molar-refractivity contribution in [2.45, 2.75) is 30.8 Å². The smallest absolute Gasteiger partial charge is 0.243 e. The molecule has 0 saturated carbocycles. The van der Waals surface area contributed by atoms with Crippen molar-refractivity contribution in [3.8, 4) is 0 Å². The van der Waals surface area contributed by atoms with Gasteiger partial charge in [0, 0.05) is 13.1 Å². The number of aryl methyl sites for hydroxylation is 1. The molecule has 1 unspecified atom stereocenters. The van der Waals surface area contributed by atoms with Crippen molar-refractivity contribution < 1.29 is 13.2 Å². The summed E-state index contributed by atoms with van der Waals surface area (Å²) in [6, 6.07) is 7.10. The Morgan fingerprint density at radius 2 is 2.05 bits per heavy atom. The van der Waals surface area contributed by atoms with E-state index in [-0.39, 0.29) is 6.10 Å². The molecule has 2 rings (SSSR count). The number of morpholine rings is 1. The van der Waals surface area contributed by atoms with E-state index in [1.165, 1.54) is 4.31 Å². The molecule has 0 amide bonds. The molecule has 1 aromatic carbocycles. The molecule has 0 spiro atoms. The summed E-state index contributed by atoms with van der Waals surface area (Å²) in [7, 11) is -3.40. The van der Waals surface area contributed by atoms with E-state index >= 15 is 0 Å². The molecule has 112 valence electrons. The van der Waals surface area contributed by atoms with Crippen LogP contribution in [0.1, 0.15) is 18.9 Å². The van der Waals surface area contributed by atoms with E-state index in [2.05, 4.69) is 0 Å². The van der Waals surface area contributed by atoms with Crippen LogP contribution < -0.4 is 5.73 Å². The van der Waals surface area contributed by atoms with Gasteiger partial charge >= 0.3 is 0 Å². The van der Waals surface area contributed by atoms with Gasteiger partial charge in [-0.2, -0.15) is 4.31 Å². The van der Waals surface area contributed by atoms with Gasteiger partial charge in [-0.05, 0) is 44.0 Å². The Balaban J connectivity index is 2.12. The molecule has 0 bridgehead atoms. The largest absolute Gasteiger partial charge is 0.376 e. The van der Waals surface area contributed by atoms with Crippen molar-refractivity contribution in [3.63, 3.8) is 0 Å². The molecule has 1 heterocycles. The normalized spacial score (nSPS) is 21.0. The maximum Gasteiger partial charge on any atom is 0.243 e. The zero-order valence-electron chi connectivity index (χ0n) is 11.8. The van der Waals surface area contributed by atoms with Crippen LogP contribution in [0.4, 0.5) is 0 Å². The summed E-state index contributed by atoms with van der Waals surface area (Å²) in [5, 5.41) is 0. The van der Waals surface area contributed by atoms with Gasteiger partial charge in [0.15, 0.2) is 0 Å². The molecule has 20 heavy (non-hydrogen) atoms. The molecule has 1 aromatic rings. The average Bonchev–Trinajstić information content (AvgIpc) is 2.45. The summed E-state index contributed by atoms with van der Waals surface area (Å²) in [4.78, 5) is 0.350. The molecule has 1 saturated heterocycles. The van der Waals surface area contributed by atoms with Crippen molar-refractivity contribution in [1.29, 1.82) is 0 Å². The molecule has 1 aliphatic rings. The second-order valence-electron chi connectivity index (χ2n) is 5.08. The minimum atomic E-state index is -3.40. The van der Waals surface area contributed by atoms with Gasteiger partial charge in [-0.3, -0.25) is 0 Å². The van der Waals surface area contributed by atoms with E-state index in [0.29, 0.717) is 31.1 Å². The van der Waals surface area contributed by atoms with Crippen molar-refractivity contribution >= 4 is 10.0 Å². The maximum absolute atomic E-state index is 12.5. The lowest BCUT2D eigenvalue weighted by molar-refractivity contribution is 0.0102. The SMILES string of the molecule is CC1CN(S(=O)(=O)c2ccc(CCCN)cc2)CCO1. The number of benzene rings is 1. The highest BCUT2D eigenvalue weighted by atomic mass is 32.2. The van der Waals surface area contributed by atoms with E-state index in [4.69, 9.17) is 10.5 Å². The summed E-state index contributed by atoms with van der Waals surface area (Å²) in [5.41, 5.74) is 6.59. The zero-order valence-corrected chi connectivity index (χ0v) is 12.6. The molecular weight excluding hydrogens is 276 g/mol. The van der Waals surface area contributed by atoms with Crippen LogP contribution >= 0.6 is 0 Å². The van der Waals surface area contributed by atoms with Crippen LogP contribution in [0.25, 0.3) is 0 Å². The summed E-state index contributed by atoms with van der Waals surface area (Å²) in [6.45, 7) is 3.82.